The van der Waals surface area contributed by atoms with E-state index in [1.807, 2.05) is 0 Å². The van der Waals surface area contributed by atoms with Crippen LogP contribution in [0.2, 0.25) is 5.02 Å². The fourth-order valence-corrected chi connectivity index (χ4v) is 3.52. The van der Waals surface area contributed by atoms with Gasteiger partial charge in [0.2, 0.25) is 5.91 Å². The second-order valence-corrected chi connectivity index (χ2v) is 7.47. The van der Waals surface area contributed by atoms with Gasteiger partial charge in [-0.1, -0.05) is 35.9 Å². The van der Waals surface area contributed by atoms with Gasteiger partial charge in [0, 0.05) is 30.3 Å². The summed E-state index contributed by atoms with van der Waals surface area (Å²) in [4.78, 5) is 37.1. The smallest absolute Gasteiger partial charge is 0.328 e. The molecule has 1 fully saturated rings. The number of carboxylic acids is 1. The number of nitrogens with zero attached hydrogens (tertiary/aromatic N) is 1. The van der Waals surface area contributed by atoms with Crippen molar-refractivity contribution in [1.29, 1.82) is 0 Å². The molecule has 3 N–H and O–H groups in total. The molecule has 156 valence electrons. The number of amides is 2. The number of carbonyl (C=O) groups is 3. The lowest BCUT2D eigenvalue weighted by molar-refractivity contribution is -0.131. The summed E-state index contributed by atoms with van der Waals surface area (Å²) in [5.41, 5.74) is 0.320. The molecule has 1 heterocycles. The third kappa shape index (κ3) is 5.06. The minimum atomic E-state index is -1.24. The molecule has 0 aliphatic carbocycles. The Morgan fingerprint density at radius 2 is 1.63 bits per heavy atom. The van der Waals surface area contributed by atoms with Crippen LogP contribution in [0.15, 0.2) is 60.7 Å². The van der Waals surface area contributed by atoms with Gasteiger partial charge in [0.25, 0.3) is 5.91 Å². The number of aliphatic hydroxyl groups is 1. The molecule has 2 aromatic rings. The second kappa shape index (κ2) is 9.11. The summed E-state index contributed by atoms with van der Waals surface area (Å²) in [6, 6.07) is 13.6. The number of halogens is 1. The first-order valence-electron chi connectivity index (χ1n) is 9.37. The van der Waals surface area contributed by atoms with Crippen LogP contribution in [0.1, 0.15) is 28.8 Å². The van der Waals surface area contributed by atoms with E-state index in [0.29, 0.717) is 42.2 Å². The molecular weight excluding hydrogens is 408 g/mol. The number of carbonyl (C=O) groups excluding carboxylic acids is 2. The standard InChI is InChI=1S/C22H21ClN2O5/c23-16-7-5-15(6-8-16)22(30)11-13-25(14-12-22)21(29)17-3-1-2-4-18(17)24-19(26)9-10-20(27)28/h1-10,30H,11-14H2,(H,24,26)(H,27,28)/b10-9-. The molecule has 1 aliphatic rings. The number of hydrogen-bond donors (Lipinski definition) is 3. The lowest BCUT2D eigenvalue weighted by Crippen LogP contribution is -2.45. The largest absolute Gasteiger partial charge is 0.478 e. The normalized spacial score (nSPS) is 15.7. The first kappa shape index (κ1) is 21.5. The van der Waals surface area contributed by atoms with Crippen molar-refractivity contribution in [3.05, 3.63) is 76.8 Å². The molecule has 0 aromatic heterocycles. The third-order valence-electron chi connectivity index (χ3n) is 5.05. The zero-order chi connectivity index (χ0) is 21.7. The minimum Gasteiger partial charge on any atom is -0.478 e. The van der Waals surface area contributed by atoms with Crippen molar-refractivity contribution in [2.24, 2.45) is 0 Å². The third-order valence-corrected chi connectivity index (χ3v) is 5.30. The van der Waals surface area contributed by atoms with Gasteiger partial charge in [-0.25, -0.2) is 4.79 Å². The summed E-state index contributed by atoms with van der Waals surface area (Å²) in [5, 5.41) is 22.7. The Morgan fingerprint density at radius 1 is 1.00 bits per heavy atom. The van der Waals surface area contributed by atoms with E-state index < -0.39 is 17.5 Å². The highest BCUT2D eigenvalue weighted by Gasteiger charge is 2.36. The molecule has 0 radical (unpaired) electrons. The lowest BCUT2D eigenvalue weighted by atomic mass is 9.84. The molecule has 2 amide bonds. The van der Waals surface area contributed by atoms with Gasteiger partial charge in [-0.3, -0.25) is 9.59 Å². The number of piperidine rings is 1. The Hall–Kier alpha value is -3.16. The van der Waals surface area contributed by atoms with Crippen LogP contribution in [0.25, 0.3) is 0 Å². The van der Waals surface area contributed by atoms with Crippen molar-refractivity contribution < 1.29 is 24.6 Å². The number of nitrogens with one attached hydrogen (secondary N) is 1. The highest BCUT2D eigenvalue weighted by Crippen LogP contribution is 2.34. The van der Waals surface area contributed by atoms with Crippen molar-refractivity contribution in [3.63, 3.8) is 0 Å². The molecule has 1 saturated heterocycles. The van der Waals surface area contributed by atoms with Crippen LogP contribution >= 0.6 is 11.6 Å². The quantitative estimate of drug-likeness (QED) is 0.634. The van der Waals surface area contributed by atoms with Gasteiger partial charge in [0.1, 0.15) is 0 Å². The number of hydrogen-bond acceptors (Lipinski definition) is 4. The molecule has 8 heteroatoms. The summed E-state index contributed by atoms with van der Waals surface area (Å²) in [7, 11) is 0. The molecule has 0 atom stereocenters. The van der Waals surface area contributed by atoms with Gasteiger partial charge in [0.05, 0.1) is 16.9 Å². The van der Waals surface area contributed by atoms with Crippen molar-refractivity contribution in [2.45, 2.75) is 18.4 Å². The maximum atomic E-state index is 13.0. The number of carboxylic acid groups (broad SMARTS) is 1. The first-order chi connectivity index (χ1) is 14.3. The average molecular weight is 429 g/mol. The van der Waals surface area contributed by atoms with Crippen LogP contribution in [-0.2, 0) is 15.2 Å². The predicted molar refractivity (Wildman–Crippen MR) is 112 cm³/mol. The number of likely N-dealkylation sites (tertiary alicyclic amines) is 1. The van der Waals surface area contributed by atoms with Gasteiger partial charge in [-0.15, -0.1) is 0 Å². The van der Waals surface area contributed by atoms with Crippen molar-refractivity contribution >= 4 is 35.1 Å². The molecule has 0 spiro atoms. The number of aliphatic carboxylic acids is 1. The summed E-state index contributed by atoms with van der Waals surface area (Å²) in [5.74, 6) is -2.16. The summed E-state index contributed by atoms with van der Waals surface area (Å²) >= 11 is 5.92. The van der Waals surface area contributed by atoms with E-state index in [4.69, 9.17) is 16.7 Å². The first-order valence-corrected chi connectivity index (χ1v) is 9.75. The Morgan fingerprint density at radius 3 is 2.27 bits per heavy atom. The monoisotopic (exact) mass is 428 g/mol. The van der Waals surface area contributed by atoms with Crippen LogP contribution in [0.4, 0.5) is 5.69 Å². The zero-order valence-electron chi connectivity index (χ0n) is 16.0. The predicted octanol–water partition coefficient (Wildman–Crippen LogP) is 3.04. The minimum absolute atomic E-state index is 0.272. The molecule has 30 heavy (non-hydrogen) atoms. The van der Waals surface area contributed by atoms with E-state index in [2.05, 4.69) is 5.32 Å². The van der Waals surface area contributed by atoms with Crippen molar-refractivity contribution in [1.82, 2.24) is 4.90 Å². The molecular formula is C22H21ClN2O5. The van der Waals surface area contributed by atoms with Gasteiger partial charge in [-0.2, -0.15) is 0 Å². The van der Waals surface area contributed by atoms with E-state index in [1.54, 1.807) is 53.4 Å². The number of anilines is 1. The number of para-hydroxylation sites is 1. The maximum Gasteiger partial charge on any atom is 0.328 e. The Balaban J connectivity index is 1.70. The van der Waals surface area contributed by atoms with Crippen LogP contribution in [0.5, 0.6) is 0 Å². The molecule has 0 unspecified atom stereocenters. The van der Waals surface area contributed by atoms with Crippen LogP contribution in [0, 0.1) is 0 Å². The van der Waals surface area contributed by atoms with Crippen LogP contribution < -0.4 is 5.32 Å². The van der Waals surface area contributed by atoms with Gasteiger partial charge in [-0.05, 0) is 42.7 Å². The van der Waals surface area contributed by atoms with E-state index in [-0.39, 0.29) is 5.91 Å². The molecule has 7 nitrogen and oxygen atoms in total. The second-order valence-electron chi connectivity index (χ2n) is 7.04. The number of benzene rings is 2. The van der Waals surface area contributed by atoms with Gasteiger partial charge >= 0.3 is 5.97 Å². The molecule has 0 saturated carbocycles. The Kier molecular flexibility index (Phi) is 6.54. The molecule has 2 aromatic carbocycles. The van der Waals surface area contributed by atoms with Crippen molar-refractivity contribution in [2.75, 3.05) is 18.4 Å². The fourth-order valence-electron chi connectivity index (χ4n) is 3.40. The van der Waals surface area contributed by atoms with Gasteiger partial charge in [0.15, 0.2) is 0 Å². The number of rotatable bonds is 5. The lowest BCUT2D eigenvalue weighted by Gasteiger charge is -2.38. The maximum absolute atomic E-state index is 13.0. The SMILES string of the molecule is O=C(O)/C=C\C(=O)Nc1ccccc1C(=O)N1CCC(O)(c2ccc(Cl)cc2)CC1. The summed E-state index contributed by atoms with van der Waals surface area (Å²) in [6.45, 7) is 0.693. The molecule has 3 rings (SSSR count). The highest BCUT2D eigenvalue weighted by atomic mass is 35.5. The summed E-state index contributed by atoms with van der Waals surface area (Å²) in [6.07, 6.45) is 2.35. The average Bonchev–Trinajstić information content (AvgIpc) is 2.73. The van der Waals surface area contributed by atoms with Crippen molar-refractivity contribution in [3.8, 4) is 0 Å². The van der Waals surface area contributed by atoms with E-state index in [0.717, 1.165) is 17.7 Å². The van der Waals surface area contributed by atoms with E-state index in [1.165, 1.54) is 0 Å². The fraction of sp³-hybridized carbons (Fsp3) is 0.227. The Bertz CT molecular complexity index is 979. The molecule has 0 bridgehead atoms. The van der Waals surface area contributed by atoms with Crippen LogP contribution in [-0.4, -0.2) is 46.0 Å². The highest BCUT2D eigenvalue weighted by molar-refractivity contribution is 6.30. The van der Waals surface area contributed by atoms with Gasteiger partial charge < -0.3 is 20.4 Å². The van der Waals surface area contributed by atoms with Crippen LogP contribution in [0.3, 0.4) is 0 Å². The van der Waals surface area contributed by atoms with E-state index in [9.17, 15) is 19.5 Å². The van der Waals surface area contributed by atoms with E-state index >= 15 is 0 Å². The zero-order valence-corrected chi connectivity index (χ0v) is 16.8. The Labute approximate surface area is 178 Å². The topological polar surface area (TPSA) is 107 Å². The molecule has 1 aliphatic heterocycles. The summed E-state index contributed by atoms with van der Waals surface area (Å²) < 4.78 is 0.